The van der Waals surface area contributed by atoms with Crippen molar-refractivity contribution >= 4 is 34.5 Å². The van der Waals surface area contributed by atoms with E-state index in [1.165, 1.54) is 31.4 Å². The molecule has 2 fully saturated rings. The Balaban J connectivity index is 1.20. The molecule has 12 heteroatoms. The Kier molecular flexibility index (Phi) is 7.33. The number of rotatable bonds is 8. The van der Waals surface area contributed by atoms with Crippen LogP contribution in [0.2, 0.25) is 0 Å². The summed E-state index contributed by atoms with van der Waals surface area (Å²) in [4.78, 5) is 42.5. The topological polar surface area (TPSA) is 159 Å². The molecule has 0 unspecified atom stereocenters. The monoisotopic (exact) mass is 562 g/mol. The van der Waals surface area contributed by atoms with Gasteiger partial charge in [-0.3, -0.25) is 14.5 Å². The van der Waals surface area contributed by atoms with E-state index in [4.69, 9.17) is 16.1 Å². The molecule has 0 bridgehead atoms. The van der Waals surface area contributed by atoms with Crippen molar-refractivity contribution in [2.75, 3.05) is 37.7 Å². The van der Waals surface area contributed by atoms with Crippen molar-refractivity contribution < 1.29 is 9.59 Å². The van der Waals surface area contributed by atoms with Crippen molar-refractivity contribution in [1.82, 2.24) is 34.5 Å². The third kappa shape index (κ3) is 5.55. The predicted molar refractivity (Wildman–Crippen MR) is 157 cm³/mol. The maximum atomic E-state index is 12.9. The van der Waals surface area contributed by atoms with Crippen LogP contribution >= 0.6 is 0 Å². The number of likely N-dealkylation sites (N-methyl/N-ethyl adjacent to an activating group) is 1. The molecule has 6 rings (SSSR count). The van der Waals surface area contributed by atoms with E-state index in [1.807, 2.05) is 21.7 Å². The molecule has 212 valence electrons. The minimum absolute atomic E-state index is 0.00376. The van der Waals surface area contributed by atoms with Crippen LogP contribution in [0.25, 0.3) is 22.3 Å². The summed E-state index contributed by atoms with van der Waals surface area (Å²) in [5, 5.41) is 17.3. The molecule has 1 atom stereocenters. The zero-order valence-corrected chi connectivity index (χ0v) is 23.1. The summed E-state index contributed by atoms with van der Waals surface area (Å²) < 4.78 is 1.84. The highest BCUT2D eigenvalue weighted by Crippen LogP contribution is 2.34. The van der Waals surface area contributed by atoms with E-state index < -0.39 is 0 Å². The fourth-order valence-corrected chi connectivity index (χ4v) is 5.22. The van der Waals surface area contributed by atoms with E-state index in [2.05, 4.69) is 32.2 Å². The summed E-state index contributed by atoms with van der Waals surface area (Å²) in [5.41, 5.74) is 9.07. The molecular weight excluding hydrogens is 532 g/mol. The van der Waals surface area contributed by atoms with Gasteiger partial charge in [0.15, 0.2) is 5.65 Å². The third-order valence-corrected chi connectivity index (χ3v) is 7.71. The molecule has 3 aromatic heterocycles. The lowest BCUT2D eigenvalue weighted by atomic mass is 10.1. The molecule has 3 N–H and O–H groups in total. The van der Waals surface area contributed by atoms with Crippen molar-refractivity contribution in [3.63, 3.8) is 0 Å². The highest BCUT2D eigenvalue weighted by Gasteiger charge is 2.30. The number of amides is 2. The quantitative estimate of drug-likeness (QED) is 0.308. The SMILES string of the molecule is CN(CC=CC(=O)N1CC[C@@H](n2nc(-c3ccc(C(=O)Nc4cc(C#N)ccn4)cc3)c3c(N)ncnc32)C1)C1CC1. The maximum absolute atomic E-state index is 12.9. The molecule has 1 aliphatic carbocycles. The summed E-state index contributed by atoms with van der Waals surface area (Å²) in [5.74, 6) is 0.241. The van der Waals surface area contributed by atoms with Crippen LogP contribution in [0.5, 0.6) is 0 Å². The van der Waals surface area contributed by atoms with Gasteiger partial charge < -0.3 is 16.0 Å². The number of nitrogen functional groups attached to an aromatic ring is 1. The van der Waals surface area contributed by atoms with E-state index in [1.54, 1.807) is 36.4 Å². The number of aromatic nitrogens is 5. The number of benzene rings is 1. The van der Waals surface area contributed by atoms with Gasteiger partial charge in [0.2, 0.25) is 5.91 Å². The first-order valence-electron chi connectivity index (χ1n) is 13.8. The van der Waals surface area contributed by atoms with Gasteiger partial charge in [0.1, 0.15) is 23.7 Å². The predicted octanol–water partition coefficient (Wildman–Crippen LogP) is 3.02. The summed E-state index contributed by atoms with van der Waals surface area (Å²) in [6.45, 7) is 1.91. The van der Waals surface area contributed by atoms with E-state index in [0.29, 0.717) is 58.6 Å². The van der Waals surface area contributed by atoms with Crippen molar-refractivity contribution in [3.05, 3.63) is 72.2 Å². The van der Waals surface area contributed by atoms with Crippen LogP contribution in [0.15, 0.2) is 61.1 Å². The second-order valence-electron chi connectivity index (χ2n) is 10.6. The van der Waals surface area contributed by atoms with Crippen LogP contribution in [0, 0.1) is 11.3 Å². The summed E-state index contributed by atoms with van der Waals surface area (Å²) >= 11 is 0. The molecule has 12 nitrogen and oxygen atoms in total. The standard InChI is InChI=1S/C30H30N10O2/c1-38(22-8-9-22)13-2-3-25(41)39-14-11-23(17-39)40-29-26(28(32)34-18-35-29)27(37-40)20-4-6-21(7-5-20)30(42)36-24-15-19(16-31)10-12-33-24/h2-7,10,12,15,18,22-23H,8-9,11,13-14,17H2,1H3,(H2,32,34,35)(H,33,36,42)/t23-/m1/s1. The second kappa shape index (κ2) is 11.4. The van der Waals surface area contributed by atoms with Gasteiger partial charge in [-0.2, -0.15) is 10.4 Å². The largest absolute Gasteiger partial charge is 0.383 e. The molecule has 1 saturated carbocycles. The van der Waals surface area contributed by atoms with Crippen LogP contribution in [0.4, 0.5) is 11.6 Å². The lowest BCUT2D eigenvalue weighted by molar-refractivity contribution is -0.125. The number of anilines is 2. The number of carbonyl (C=O) groups excluding carboxylic acids is 2. The molecule has 4 aromatic rings. The fraction of sp³-hybridized carbons (Fsp3) is 0.300. The normalized spacial score (nSPS) is 16.8. The highest BCUT2D eigenvalue weighted by molar-refractivity contribution is 6.04. The van der Waals surface area contributed by atoms with Crippen molar-refractivity contribution in [1.29, 1.82) is 5.26 Å². The van der Waals surface area contributed by atoms with Crippen LogP contribution < -0.4 is 11.1 Å². The zero-order valence-electron chi connectivity index (χ0n) is 23.1. The molecule has 2 amide bonds. The number of nitrogens with one attached hydrogen (secondary N) is 1. The molecule has 4 heterocycles. The van der Waals surface area contributed by atoms with Crippen molar-refractivity contribution in [2.45, 2.75) is 31.3 Å². The molecule has 42 heavy (non-hydrogen) atoms. The highest BCUT2D eigenvalue weighted by atomic mass is 16.2. The number of fused-ring (bicyclic) bond motifs is 1. The number of pyridine rings is 1. The Hall–Kier alpha value is -5.15. The van der Waals surface area contributed by atoms with E-state index in [9.17, 15) is 9.59 Å². The lowest BCUT2D eigenvalue weighted by Gasteiger charge is -2.16. The maximum Gasteiger partial charge on any atom is 0.256 e. The van der Waals surface area contributed by atoms with Gasteiger partial charge in [-0.1, -0.05) is 18.2 Å². The smallest absolute Gasteiger partial charge is 0.256 e. The molecule has 1 aromatic carbocycles. The van der Waals surface area contributed by atoms with Gasteiger partial charge >= 0.3 is 0 Å². The van der Waals surface area contributed by atoms with E-state index in [-0.39, 0.29) is 17.9 Å². The number of nitrogens with two attached hydrogens (primary N) is 1. The molecule has 1 aliphatic heterocycles. The number of likely N-dealkylation sites (tertiary alicyclic amines) is 1. The summed E-state index contributed by atoms with van der Waals surface area (Å²) in [7, 11) is 2.09. The van der Waals surface area contributed by atoms with Gasteiger partial charge in [-0.05, 0) is 50.6 Å². The van der Waals surface area contributed by atoms with Crippen LogP contribution in [-0.2, 0) is 4.79 Å². The van der Waals surface area contributed by atoms with Gasteiger partial charge in [-0.15, -0.1) is 0 Å². The number of nitrogens with zero attached hydrogens (tertiary/aromatic N) is 8. The first-order valence-corrected chi connectivity index (χ1v) is 13.8. The average molecular weight is 563 g/mol. The molecular formula is C30H30N10O2. The molecule has 0 radical (unpaired) electrons. The van der Waals surface area contributed by atoms with E-state index >= 15 is 0 Å². The number of hydrogen-bond donors (Lipinski definition) is 2. The molecule has 0 spiro atoms. The molecule has 2 aliphatic rings. The first-order chi connectivity index (χ1) is 20.4. The van der Waals surface area contributed by atoms with Gasteiger partial charge in [0.05, 0.1) is 23.1 Å². The Morgan fingerprint density at radius 2 is 1.98 bits per heavy atom. The Labute approximate surface area is 242 Å². The third-order valence-electron chi connectivity index (χ3n) is 7.71. The number of hydrogen-bond acceptors (Lipinski definition) is 9. The fourth-order valence-electron chi connectivity index (χ4n) is 5.22. The minimum Gasteiger partial charge on any atom is -0.383 e. The van der Waals surface area contributed by atoms with Crippen molar-refractivity contribution in [3.8, 4) is 17.3 Å². The average Bonchev–Trinajstić information content (AvgIpc) is 3.61. The van der Waals surface area contributed by atoms with Crippen LogP contribution in [0.3, 0.4) is 0 Å². The number of carbonyl (C=O) groups is 2. The van der Waals surface area contributed by atoms with Gasteiger partial charge in [0.25, 0.3) is 5.91 Å². The Bertz CT molecular complexity index is 1720. The van der Waals surface area contributed by atoms with Crippen LogP contribution in [0.1, 0.15) is 41.2 Å². The summed E-state index contributed by atoms with van der Waals surface area (Å²) in [6.07, 6.45) is 9.69. The minimum atomic E-state index is -0.355. The summed E-state index contributed by atoms with van der Waals surface area (Å²) in [6, 6.07) is 12.6. The van der Waals surface area contributed by atoms with Crippen LogP contribution in [-0.4, -0.2) is 79.1 Å². The van der Waals surface area contributed by atoms with Gasteiger partial charge in [-0.25, -0.2) is 19.6 Å². The number of nitriles is 1. The zero-order chi connectivity index (χ0) is 29.2. The molecule has 1 saturated heterocycles. The first kappa shape index (κ1) is 27.0. The van der Waals surface area contributed by atoms with E-state index in [0.717, 1.165) is 18.5 Å². The second-order valence-corrected chi connectivity index (χ2v) is 10.6. The van der Waals surface area contributed by atoms with Gasteiger partial charge in [0, 0.05) is 49.1 Å². The lowest BCUT2D eigenvalue weighted by Crippen LogP contribution is -2.28. The Morgan fingerprint density at radius 1 is 1.17 bits per heavy atom. The van der Waals surface area contributed by atoms with Crippen molar-refractivity contribution in [2.24, 2.45) is 0 Å². The Morgan fingerprint density at radius 3 is 2.74 bits per heavy atom.